The van der Waals surface area contributed by atoms with Crippen molar-refractivity contribution in [2.75, 3.05) is 0 Å². The maximum atomic E-state index is 4.46. The van der Waals surface area contributed by atoms with Crippen molar-refractivity contribution < 1.29 is 0 Å². The zero-order chi connectivity index (χ0) is 18.6. The van der Waals surface area contributed by atoms with Crippen LogP contribution in [0, 0.1) is 0 Å². The predicted molar refractivity (Wildman–Crippen MR) is 122 cm³/mol. The molecule has 0 spiro atoms. The van der Waals surface area contributed by atoms with Crippen molar-refractivity contribution in [2.24, 2.45) is 0 Å². The van der Waals surface area contributed by atoms with Gasteiger partial charge in [-0.25, -0.2) is 0 Å². The van der Waals surface area contributed by atoms with E-state index in [1.165, 1.54) is 21.5 Å². The summed E-state index contributed by atoms with van der Waals surface area (Å²) < 4.78 is 0. The fourth-order valence-electron chi connectivity index (χ4n) is 3.77. The summed E-state index contributed by atoms with van der Waals surface area (Å²) in [7, 11) is 0. The molecule has 1 nitrogen and oxygen atoms in total. The van der Waals surface area contributed by atoms with Gasteiger partial charge in [-0.3, -0.25) is 0 Å². The molecule has 134 valence electrons. The minimum atomic E-state index is -2.89. The molecule has 1 aromatic heterocycles. The molecule has 0 saturated carbocycles. The molecule has 0 unspecified atom stereocenters. The number of rotatable bonds is 5. The van der Waals surface area contributed by atoms with Crippen LogP contribution in [0.25, 0.3) is 0 Å². The molecule has 0 atom stereocenters. The first-order valence-corrected chi connectivity index (χ1v) is 13.4. The molecule has 0 amide bonds. The van der Waals surface area contributed by atoms with Gasteiger partial charge in [-0.1, -0.05) is 0 Å². The summed E-state index contributed by atoms with van der Waals surface area (Å²) in [6, 6.07) is 36.9. The third-order valence-corrected chi connectivity index (χ3v) is 14.6. The zero-order valence-corrected chi connectivity index (χ0v) is 17.4. The molecule has 4 aromatic rings. The van der Waals surface area contributed by atoms with Crippen LogP contribution in [0.15, 0.2) is 116 Å². The van der Waals surface area contributed by atoms with E-state index in [0.717, 1.165) is 6.16 Å². The Morgan fingerprint density at radius 2 is 0.926 bits per heavy atom. The molecule has 27 heavy (non-hydrogen) atoms. The second kappa shape index (κ2) is 7.38. The van der Waals surface area contributed by atoms with E-state index in [1.807, 2.05) is 12.4 Å². The molecule has 0 aliphatic heterocycles. The fraction of sp³-hybridized carbons (Fsp3) is 0.0417. The molecule has 0 bridgehead atoms. The van der Waals surface area contributed by atoms with Crippen LogP contribution >= 0.6 is 20.8 Å². The van der Waals surface area contributed by atoms with E-state index >= 15 is 0 Å². The van der Waals surface area contributed by atoms with Crippen molar-refractivity contribution in [1.82, 2.24) is 4.98 Å². The number of benzene rings is 3. The van der Waals surface area contributed by atoms with Gasteiger partial charge in [-0.2, -0.15) is 0 Å². The SMILES string of the molecule is BrP(Cc1ccncc1)(c1ccccc1)(c1ccccc1)c1ccccc1. The van der Waals surface area contributed by atoms with Gasteiger partial charge in [-0.15, -0.1) is 0 Å². The van der Waals surface area contributed by atoms with Crippen LogP contribution in [-0.4, -0.2) is 4.98 Å². The van der Waals surface area contributed by atoms with E-state index in [9.17, 15) is 0 Å². The standard InChI is InChI=1S/C24H21BrNP/c25-27(22-10-4-1-5-11-22,23-12-6-2-7-13-23,24-14-8-3-9-15-24)20-21-16-18-26-19-17-21/h1-19H,20H2. The first-order chi connectivity index (χ1) is 13.2. The molecule has 3 aromatic carbocycles. The third kappa shape index (κ3) is 3.14. The normalized spacial score (nSPS) is 12.9. The average Bonchev–Trinajstić information content (AvgIpc) is 2.76. The van der Waals surface area contributed by atoms with E-state index in [1.54, 1.807) is 0 Å². The number of nitrogens with zero attached hydrogens (tertiary/aromatic N) is 1. The Labute approximate surface area is 168 Å². The second-order valence-corrected chi connectivity index (χ2v) is 15.6. The summed E-state index contributed by atoms with van der Waals surface area (Å²) in [6.45, 7) is 0. The van der Waals surface area contributed by atoms with Crippen LogP contribution in [-0.2, 0) is 6.16 Å². The Morgan fingerprint density at radius 1 is 0.556 bits per heavy atom. The van der Waals surface area contributed by atoms with E-state index in [0.29, 0.717) is 0 Å². The van der Waals surface area contributed by atoms with Gasteiger partial charge in [0.15, 0.2) is 0 Å². The summed E-state index contributed by atoms with van der Waals surface area (Å²) in [6.07, 6.45) is 4.65. The number of hydrogen-bond donors (Lipinski definition) is 0. The van der Waals surface area contributed by atoms with Crippen molar-refractivity contribution in [1.29, 1.82) is 0 Å². The van der Waals surface area contributed by atoms with Gasteiger partial charge in [-0.05, 0) is 0 Å². The van der Waals surface area contributed by atoms with Crippen LogP contribution in [0.1, 0.15) is 5.56 Å². The molecule has 0 fully saturated rings. The van der Waals surface area contributed by atoms with Crippen molar-refractivity contribution >= 4 is 36.7 Å². The Balaban J connectivity index is 2.09. The van der Waals surface area contributed by atoms with Gasteiger partial charge in [0.05, 0.1) is 0 Å². The quantitative estimate of drug-likeness (QED) is 0.382. The Morgan fingerprint density at radius 3 is 1.30 bits per heavy atom. The van der Waals surface area contributed by atoms with Gasteiger partial charge < -0.3 is 0 Å². The summed E-state index contributed by atoms with van der Waals surface area (Å²) in [4.78, 5) is 4.22. The van der Waals surface area contributed by atoms with Crippen molar-refractivity contribution in [2.45, 2.75) is 6.16 Å². The number of hydrogen-bond acceptors (Lipinski definition) is 1. The molecule has 3 heteroatoms. The molecule has 0 radical (unpaired) electrons. The molecule has 4 rings (SSSR count). The van der Waals surface area contributed by atoms with E-state index in [2.05, 4.69) is 124 Å². The summed E-state index contributed by atoms with van der Waals surface area (Å²) in [5, 5.41) is 1.10. The topological polar surface area (TPSA) is 12.9 Å². The molecule has 1 heterocycles. The first-order valence-electron chi connectivity index (χ1n) is 9.00. The number of aromatic nitrogens is 1. The second-order valence-electron chi connectivity index (χ2n) is 6.70. The number of pyridine rings is 1. The van der Waals surface area contributed by atoms with Crippen molar-refractivity contribution in [3.63, 3.8) is 0 Å². The number of halogens is 1. The van der Waals surface area contributed by atoms with Crippen LogP contribution in [0.5, 0.6) is 0 Å². The molecule has 0 aliphatic rings. The Bertz CT molecular complexity index is 906. The van der Waals surface area contributed by atoms with Gasteiger partial charge in [0.2, 0.25) is 0 Å². The molecule has 0 N–H and O–H groups in total. The summed E-state index contributed by atoms with van der Waals surface area (Å²) >= 11 is 4.46. The van der Waals surface area contributed by atoms with Gasteiger partial charge in [0.25, 0.3) is 0 Å². The third-order valence-electron chi connectivity index (χ3n) is 5.11. The van der Waals surface area contributed by atoms with Crippen LogP contribution in [0.3, 0.4) is 0 Å². The van der Waals surface area contributed by atoms with Crippen molar-refractivity contribution in [3.05, 3.63) is 121 Å². The van der Waals surface area contributed by atoms with Crippen LogP contribution in [0.4, 0.5) is 0 Å². The summed E-state index contributed by atoms with van der Waals surface area (Å²) in [5.41, 5.74) is 1.27. The molecular weight excluding hydrogens is 413 g/mol. The molecule has 0 aliphatic carbocycles. The predicted octanol–water partition coefficient (Wildman–Crippen LogP) is 5.42. The van der Waals surface area contributed by atoms with E-state index in [-0.39, 0.29) is 0 Å². The Hall–Kier alpha value is -2.28. The molecule has 0 saturated heterocycles. The van der Waals surface area contributed by atoms with E-state index < -0.39 is 5.31 Å². The maximum absolute atomic E-state index is 4.46. The monoisotopic (exact) mass is 433 g/mol. The van der Waals surface area contributed by atoms with Gasteiger partial charge in [0.1, 0.15) is 0 Å². The molecular formula is C24H21BrNP. The first kappa shape index (κ1) is 18.1. The average molecular weight is 434 g/mol. The summed E-state index contributed by atoms with van der Waals surface area (Å²) in [5.74, 6) is 0. The van der Waals surface area contributed by atoms with E-state index in [4.69, 9.17) is 0 Å². The van der Waals surface area contributed by atoms with Gasteiger partial charge in [0, 0.05) is 0 Å². The zero-order valence-electron chi connectivity index (χ0n) is 14.9. The van der Waals surface area contributed by atoms with Gasteiger partial charge >= 0.3 is 169 Å². The Kier molecular flexibility index (Phi) is 4.95. The van der Waals surface area contributed by atoms with Crippen molar-refractivity contribution in [3.8, 4) is 0 Å². The van der Waals surface area contributed by atoms with Crippen LogP contribution in [0.2, 0.25) is 0 Å². The van der Waals surface area contributed by atoms with Crippen LogP contribution < -0.4 is 15.9 Å². The fourth-order valence-corrected chi connectivity index (χ4v) is 11.5. The minimum absolute atomic E-state index is 0.895.